The molecular formula is C28H26ClN5O4. The van der Waals surface area contributed by atoms with Crippen molar-refractivity contribution in [1.82, 2.24) is 14.8 Å². The van der Waals surface area contributed by atoms with Crippen molar-refractivity contribution in [2.24, 2.45) is 0 Å². The minimum atomic E-state index is -0.567. The molecule has 0 radical (unpaired) electrons. The smallest absolute Gasteiger partial charge is 0.255 e. The van der Waals surface area contributed by atoms with Gasteiger partial charge in [-0.2, -0.15) is 10.1 Å². The van der Waals surface area contributed by atoms with Gasteiger partial charge in [0, 0.05) is 10.7 Å². The molecule has 0 fully saturated rings. The van der Waals surface area contributed by atoms with Gasteiger partial charge in [-0.15, -0.1) is 0 Å². The van der Waals surface area contributed by atoms with Crippen molar-refractivity contribution in [3.63, 3.8) is 0 Å². The van der Waals surface area contributed by atoms with Crippen LogP contribution in [0.1, 0.15) is 24.1 Å². The molecule has 0 saturated carbocycles. The molecule has 3 aromatic carbocycles. The molecule has 5 rings (SSSR count). The third-order valence-corrected chi connectivity index (χ3v) is 6.46. The monoisotopic (exact) mass is 531 g/mol. The molecule has 1 aliphatic heterocycles. The molecular weight excluding hydrogens is 506 g/mol. The molecule has 1 amide bonds. The molecule has 1 atom stereocenters. The Kier molecular flexibility index (Phi) is 7.19. The van der Waals surface area contributed by atoms with Crippen LogP contribution in [-0.2, 0) is 11.4 Å². The van der Waals surface area contributed by atoms with Gasteiger partial charge in [0.1, 0.15) is 24.7 Å². The highest BCUT2D eigenvalue weighted by Gasteiger charge is 2.34. The Morgan fingerprint density at radius 1 is 1.03 bits per heavy atom. The summed E-state index contributed by atoms with van der Waals surface area (Å²) in [5.41, 5.74) is 3.45. The van der Waals surface area contributed by atoms with Crippen molar-refractivity contribution in [3.8, 4) is 17.2 Å². The van der Waals surface area contributed by atoms with E-state index in [0.717, 1.165) is 11.1 Å². The molecule has 0 aliphatic carbocycles. The third kappa shape index (κ3) is 5.01. The van der Waals surface area contributed by atoms with Crippen molar-refractivity contribution in [1.29, 1.82) is 0 Å². The van der Waals surface area contributed by atoms with E-state index in [1.54, 1.807) is 31.0 Å². The van der Waals surface area contributed by atoms with Crippen molar-refractivity contribution in [2.75, 3.05) is 24.9 Å². The van der Waals surface area contributed by atoms with Crippen LogP contribution < -0.4 is 24.8 Å². The minimum absolute atomic E-state index is 0.298. The van der Waals surface area contributed by atoms with Crippen molar-refractivity contribution >= 4 is 29.1 Å². The summed E-state index contributed by atoms with van der Waals surface area (Å²) in [5.74, 6) is 1.89. The van der Waals surface area contributed by atoms with Gasteiger partial charge in [0.15, 0.2) is 11.5 Å². The van der Waals surface area contributed by atoms with E-state index in [9.17, 15) is 4.79 Å². The minimum Gasteiger partial charge on any atom is -0.495 e. The number of carbonyl (C=O) groups excluding carboxylic acids is 1. The third-order valence-electron chi connectivity index (χ3n) is 6.21. The molecule has 2 N–H and O–H groups in total. The Bertz CT molecular complexity index is 1500. The molecule has 10 heteroatoms. The SMILES string of the molecule is COc1ccccc1NC(=O)C1=C(C)Nc2ncnn2[C@@H]1c1ccc(OCc2ccc(Cl)cc2)c(OC)c1. The first-order chi connectivity index (χ1) is 18.5. The average molecular weight is 532 g/mol. The summed E-state index contributed by atoms with van der Waals surface area (Å²) in [4.78, 5) is 18.0. The lowest BCUT2D eigenvalue weighted by Gasteiger charge is -2.29. The summed E-state index contributed by atoms with van der Waals surface area (Å²) >= 11 is 5.98. The zero-order valence-corrected chi connectivity index (χ0v) is 21.8. The topological polar surface area (TPSA) is 99.5 Å². The lowest BCUT2D eigenvalue weighted by Crippen LogP contribution is -2.31. The van der Waals surface area contributed by atoms with Gasteiger partial charge in [0.2, 0.25) is 5.95 Å². The van der Waals surface area contributed by atoms with E-state index in [0.29, 0.717) is 51.8 Å². The number of benzene rings is 3. The molecule has 1 aliphatic rings. The fraction of sp³-hybridized carbons (Fsp3) is 0.179. The van der Waals surface area contributed by atoms with Crippen LogP contribution in [0.25, 0.3) is 0 Å². The number of anilines is 2. The highest BCUT2D eigenvalue weighted by Crippen LogP contribution is 2.39. The van der Waals surface area contributed by atoms with Gasteiger partial charge in [-0.05, 0) is 54.4 Å². The number of hydrogen-bond acceptors (Lipinski definition) is 7. The molecule has 1 aromatic heterocycles. The van der Waals surface area contributed by atoms with Gasteiger partial charge in [-0.3, -0.25) is 4.79 Å². The molecule has 4 aromatic rings. The van der Waals surface area contributed by atoms with E-state index in [-0.39, 0.29) is 5.91 Å². The summed E-state index contributed by atoms with van der Waals surface area (Å²) in [6.07, 6.45) is 1.45. The van der Waals surface area contributed by atoms with Crippen LogP contribution in [0.2, 0.25) is 5.02 Å². The lowest BCUT2D eigenvalue weighted by molar-refractivity contribution is -0.113. The first-order valence-electron chi connectivity index (χ1n) is 11.9. The molecule has 0 bridgehead atoms. The quantitative estimate of drug-likeness (QED) is 0.311. The van der Waals surface area contributed by atoms with Crippen LogP contribution in [0.5, 0.6) is 17.2 Å². The van der Waals surface area contributed by atoms with Crippen molar-refractivity contribution in [3.05, 3.63) is 100 Å². The van der Waals surface area contributed by atoms with E-state index in [4.69, 9.17) is 25.8 Å². The van der Waals surface area contributed by atoms with Crippen LogP contribution in [0.15, 0.2) is 84.3 Å². The first kappa shape index (κ1) is 25.2. The molecule has 2 heterocycles. The average Bonchev–Trinajstić information content (AvgIpc) is 3.40. The Hall–Kier alpha value is -4.50. The van der Waals surface area contributed by atoms with E-state index in [1.165, 1.54) is 6.33 Å². The van der Waals surface area contributed by atoms with Crippen LogP contribution in [0, 0.1) is 0 Å². The maximum absolute atomic E-state index is 13.7. The van der Waals surface area contributed by atoms with Gasteiger partial charge in [-0.1, -0.05) is 41.9 Å². The predicted molar refractivity (Wildman–Crippen MR) is 145 cm³/mol. The summed E-state index contributed by atoms with van der Waals surface area (Å²) < 4.78 is 18.8. The second-order valence-corrected chi connectivity index (χ2v) is 9.01. The lowest BCUT2D eigenvalue weighted by atomic mass is 9.94. The molecule has 0 spiro atoms. The van der Waals surface area contributed by atoms with E-state index in [2.05, 4.69) is 20.7 Å². The number of nitrogens with one attached hydrogen (secondary N) is 2. The summed E-state index contributed by atoms with van der Waals surface area (Å²) in [6.45, 7) is 2.18. The number of amides is 1. The molecule has 9 nitrogen and oxygen atoms in total. The molecule has 38 heavy (non-hydrogen) atoms. The second kappa shape index (κ2) is 10.9. The first-order valence-corrected chi connectivity index (χ1v) is 12.2. The summed E-state index contributed by atoms with van der Waals surface area (Å²) in [6, 6.07) is 19.7. The molecule has 194 valence electrons. The van der Waals surface area contributed by atoms with Gasteiger partial charge in [-0.25, -0.2) is 4.68 Å². The summed E-state index contributed by atoms with van der Waals surface area (Å²) in [5, 5.41) is 11.2. The van der Waals surface area contributed by atoms with Gasteiger partial charge in [0.25, 0.3) is 5.91 Å². The number of methoxy groups -OCH3 is 2. The van der Waals surface area contributed by atoms with E-state index >= 15 is 0 Å². The number of hydrogen-bond donors (Lipinski definition) is 2. The van der Waals surface area contributed by atoms with Gasteiger partial charge >= 0.3 is 0 Å². The van der Waals surface area contributed by atoms with Gasteiger partial charge in [0.05, 0.1) is 25.5 Å². The number of allylic oxidation sites excluding steroid dienone is 1. The Labute approximate surface area is 225 Å². The van der Waals surface area contributed by atoms with Crippen molar-refractivity contribution < 1.29 is 19.0 Å². The molecule has 0 unspecified atom stereocenters. The number of halogens is 1. The zero-order chi connectivity index (χ0) is 26.6. The number of fused-ring (bicyclic) bond motifs is 1. The Morgan fingerprint density at radius 3 is 2.55 bits per heavy atom. The Balaban J connectivity index is 1.47. The second-order valence-electron chi connectivity index (χ2n) is 8.57. The zero-order valence-electron chi connectivity index (χ0n) is 21.1. The molecule has 0 saturated heterocycles. The maximum atomic E-state index is 13.7. The van der Waals surface area contributed by atoms with E-state index < -0.39 is 6.04 Å². The van der Waals surface area contributed by atoms with Crippen LogP contribution in [-0.4, -0.2) is 34.9 Å². The van der Waals surface area contributed by atoms with E-state index in [1.807, 2.05) is 61.5 Å². The standard InChI is InChI=1S/C28H26ClN5O4/c1-17-25(27(35)33-21-6-4-5-7-22(21)36-2)26(34-28(32-17)30-16-31-34)19-10-13-23(24(14-19)37-3)38-15-18-8-11-20(29)12-9-18/h4-14,16,26H,15H2,1-3H3,(H,33,35)(H,30,31,32)/t26-/m1/s1. The largest absolute Gasteiger partial charge is 0.495 e. The number of aromatic nitrogens is 3. The number of ether oxygens (including phenoxy) is 3. The van der Waals surface area contributed by atoms with Crippen LogP contribution in [0.3, 0.4) is 0 Å². The van der Waals surface area contributed by atoms with Crippen LogP contribution >= 0.6 is 11.6 Å². The van der Waals surface area contributed by atoms with Crippen molar-refractivity contribution in [2.45, 2.75) is 19.6 Å². The number of rotatable bonds is 8. The highest BCUT2D eigenvalue weighted by atomic mass is 35.5. The number of nitrogens with zero attached hydrogens (tertiary/aromatic N) is 3. The normalized spacial score (nSPS) is 14.4. The fourth-order valence-electron chi connectivity index (χ4n) is 4.35. The Morgan fingerprint density at radius 2 is 1.79 bits per heavy atom. The fourth-order valence-corrected chi connectivity index (χ4v) is 4.47. The maximum Gasteiger partial charge on any atom is 0.255 e. The van der Waals surface area contributed by atoms with Crippen LogP contribution in [0.4, 0.5) is 11.6 Å². The summed E-state index contributed by atoms with van der Waals surface area (Å²) in [7, 11) is 3.14. The predicted octanol–water partition coefficient (Wildman–Crippen LogP) is 5.46. The van der Waals surface area contributed by atoms with Gasteiger partial charge < -0.3 is 24.8 Å². The number of para-hydroxylation sites is 2. The highest BCUT2D eigenvalue weighted by molar-refractivity contribution is 6.30. The number of carbonyl (C=O) groups is 1.